The molecule has 150 valence electrons. The molecule has 0 aliphatic rings. The monoisotopic (exact) mass is 415 g/mol. The van der Waals surface area contributed by atoms with Crippen molar-refractivity contribution in [1.82, 2.24) is 5.32 Å². The molecular formula is C20H17NO7S. The average molecular weight is 415 g/mol. The number of ether oxygens (including phenoxy) is 1. The number of nitrogens with one attached hydrogen (secondary N) is 1. The van der Waals surface area contributed by atoms with Gasteiger partial charge in [0.25, 0.3) is 16.0 Å². The van der Waals surface area contributed by atoms with Crippen molar-refractivity contribution in [3.63, 3.8) is 0 Å². The van der Waals surface area contributed by atoms with Gasteiger partial charge in [-0.15, -0.1) is 0 Å². The van der Waals surface area contributed by atoms with Gasteiger partial charge in [0.1, 0.15) is 5.75 Å². The maximum absolute atomic E-state index is 12.5. The summed E-state index contributed by atoms with van der Waals surface area (Å²) in [5, 5.41) is 2.29. The highest BCUT2D eigenvalue weighted by Gasteiger charge is 2.10. The number of benzene rings is 2. The van der Waals surface area contributed by atoms with Crippen LogP contribution in [-0.2, 0) is 19.7 Å². The van der Waals surface area contributed by atoms with Crippen LogP contribution in [0.5, 0.6) is 5.75 Å². The first-order valence-corrected chi connectivity index (χ1v) is 9.95. The molecule has 2 rings (SSSR count). The summed E-state index contributed by atoms with van der Waals surface area (Å²) in [6.07, 6.45) is 1.45. The molecule has 8 nitrogen and oxygen atoms in total. The van der Waals surface area contributed by atoms with Crippen LogP contribution in [0.15, 0.2) is 54.3 Å². The molecule has 0 saturated heterocycles. The molecule has 0 atom stereocenters. The number of ketones is 1. The minimum atomic E-state index is -4.14. The summed E-state index contributed by atoms with van der Waals surface area (Å²) in [5.74, 6) is 0.540. The van der Waals surface area contributed by atoms with Crippen molar-refractivity contribution in [2.75, 3.05) is 18.9 Å². The summed E-state index contributed by atoms with van der Waals surface area (Å²) in [4.78, 5) is 34.2. The lowest BCUT2D eigenvalue weighted by Crippen LogP contribution is -2.32. The zero-order valence-electron chi connectivity index (χ0n) is 15.1. The van der Waals surface area contributed by atoms with E-state index in [1.807, 2.05) is 0 Å². The molecule has 1 amide bonds. The summed E-state index contributed by atoms with van der Waals surface area (Å²) in [5.41, 5.74) is 3.89. The van der Waals surface area contributed by atoms with Crippen molar-refractivity contribution in [3.8, 4) is 5.75 Å². The summed E-state index contributed by atoms with van der Waals surface area (Å²) in [6, 6.07) is 12.8. The topological polar surface area (TPSA) is 127 Å². The SMILES string of the molecule is O=C=C=Cc1ccc(C(=O)c2ccc(OCC(=O)NCCS(=O)(=O)O)cc2)cc1. The standard InChI is InChI=1S/C20H17NO7S/c22-12-1-2-15-3-5-16(6-4-15)20(24)17-7-9-18(10-8-17)28-14-19(23)21-11-13-29(25,26)27/h2-10H,11,13-14H2,(H,21,23)(H,25,26,27). The van der Waals surface area contributed by atoms with Crippen LogP contribution in [0.4, 0.5) is 0 Å². The predicted molar refractivity (Wildman–Crippen MR) is 105 cm³/mol. The van der Waals surface area contributed by atoms with Gasteiger partial charge in [-0.25, -0.2) is 4.79 Å². The minimum Gasteiger partial charge on any atom is -0.484 e. The normalized spacial score (nSPS) is 10.4. The Morgan fingerprint density at radius 2 is 1.62 bits per heavy atom. The Labute approximate surface area is 167 Å². The lowest BCUT2D eigenvalue weighted by Gasteiger charge is -2.08. The van der Waals surface area contributed by atoms with Crippen LogP contribution >= 0.6 is 0 Å². The molecule has 0 aliphatic heterocycles. The number of rotatable bonds is 9. The third kappa shape index (κ3) is 7.57. The van der Waals surface area contributed by atoms with E-state index < -0.39 is 21.8 Å². The largest absolute Gasteiger partial charge is 0.484 e. The Kier molecular flexibility index (Phi) is 7.65. The molecule has 0 bridgehead atoms. The van der Waals surface area contributed by atoms with Crippen LogP contribution in [0.1, 0.15) is 21.5 Å². The number of carbonyl (C=O) groups is 2. The highest BCUT2D eigenvalue weighted by Crippen LogP contribution is 2.16. The van der Waals surface area contributed by atoms with Crippen molar-refractivity contribution in [2.45, 2.75) is 0 Å². The van der Waals surface area contributed by atoms with Crippen molar-refractivity contribution in [2.24, 2.45) is 0 Å². The van der Waals surface area contributed by atoms with Gasteiger partial charge in [-0.1, -0.05) is 24.3 Å². The Balaban J connectivity index is 1.90. The van der Waals surface area contributed by atoms with E-state index in [-0.39, 0.29) is 18.9 Å². The summed E-state index contributed by atoms with van der Waals surface area (Å²) >= 11 is 0. The van der Waals surface area contributed by atoms with Gasteiger partial charge >= 0.3 is 0 Å². The van der Waals surface area contributed by atoms with Gasteiger partial charge in [0.15, 0.2) is 18.3 Å². The Bertz CT molecular complexity index is 1060. The molecule has 0 unspecified atom stereocenters. The van der Waals surface area contributed by atoms with Crippen molar-refractivity contribution in [3.05, 3.63) is 71.0 Å². The lowest BCUT2D eigenvalue weighted by molar-refractivity contribution is -0.122. The van der Waals surface area contributed by atoms with E-state index in [0.717, 1.165) is 0 Å². The third-order valence-corrected chi connectivity index (χ3v) is 4.36. The van der Waals surface area contributed by atoms with Gasteiger partial charge in [0.2, 0.25) is 0 Å². The van der Waals surface area contributed by atoms with Gasteiger partial charge in [0.05, 0.1) is 5.75 Å². The first kappa shape index (κ1) is 21.8. The van der Waals surface area contributed by atoms with Crippen LogP contribution in [0.25, 0.3) is 6.08 Å². The lowest BCUT2D eigenvalue weighted by atomic mass is 10.0. The molecule has 9 heteroatoms. The number of carbonyl (C=O) groups excluding carboxylic acids is 3. The van der Waals surface area contributed by atoms with E-state index >= 15 is 0 Å². The van der Waals surface area contributed by atoms with Crippen LogP contribution < -0.4 is 10.1 Å². The van der Waals surface area contributed by atoms with Gasteiger partial charge in [-0.05, 0) is 41.6 Å². The molecule has 0 radical (unpaired) electrons. The Morgan fingerprint density at radius 3 is 2.17 bits per heavy atom. The van der Waals surface area contributed by atoms with Crippen LogP contribution in [0, 0.1) is 0 Å². The van der Waals surface area contributed by atoms with E-state index in [2.05, 4.69) is 11.0 Å². The highest BCUT2D eigenvalue weighted by atomic mass is 32.2. The third-order valence-electron chi connectivity index (χ3n) is 3.64. The van der Waals surface area contributed by atoms with Crippen LogP contribution in [0.2, 0.25) is 0 Å². The van der Waals surface area contributed by atoms with E-state index in [1.165, 1.54) is 24.2 Å². The average Bonchev–Trinajstić information content (AvgIpc) is 2.70. The minimum absolute atomic E-state index is 0.207. The zero-order chi connectivity index (χ0) is 21.3. The second-order valence-electron chi connectivity index (χ2n) is 5.79. The van der Waals surface area contributed by atoms with E-state index in [1.54, 1.807) is 36.4 Å². The predicted octanol–water partition coefficient (Wildman–Crippen LogP) is 1.30. The van der Waals surface area contributed by atoms with Gasteiger partial charge < -0.3 is 10.1 Å². The van der Waals surface area contributed by atoms with Crippen molar-refractivity contribution >= 4 is 33.8 Å². The maximum Gasteiger partial charge on any atom is 0.266 e. The molecule has 29 heavy (non-hydrogen) atoms. The molecule has 0 aromatic heterocycles. The molecule has 2 aromatic carbocycles. The molecule has 0 fully saturated rings. The Hall–Kier alpha value is -3.48. The van der Waals surface area contributed by atoms with Gasteiger partial charge in [-0.2, -0.15) is 8.42 Å². The molecular weight excluding hydrogens is 398 g/mol. The molecule has 0 saturated carbocycles. The zero-order valence-corrected chi connectivity index (χ0v) is 15.9. The van der Waals surface area contributed by atoms with Gasteiger partial charge in [-0.3, -0.25) is 14.1 Å². The Morgan fingerprint density at radius 1 is 1.03 bits per heavy atom. The molecule has 2 aromatic rings. The number of amides is 1. The highest BCUT2D eigenvalue weighted by molar-refractivity contribution is 7.85. The molecule has 2 N–H and O–H groups in total. The quantitative estimate of drug-likeness (QED) is 0.273. The fourth-order valence-corrected chi connectivity index (χ4v) is 2.59. The van der Waals surface area contributed by atoms with Gasteiger partial charge in [0, 0.05) is 17.7 Å². The number of hydrogen-bond acceptors (Lipinski definition) is 6. The fraction of sp³-hybridized carbons (Fsp3) is 0.150. The first-order valence-electron chi connectivity index (χ1n) is 8.34. The number of hydrogen-bond donors (Lipinski definition) is 2. The summed E-state index contributed by atoms with van der Waals surface area (Å²) < 4.78 is 35.0. The summed E-state index contributed by atoms with van der Waals surface area (Å²) in [7, 11) is -4.14. The molecule has 0 spiro atoms. The summed E-state index contributed by atoms with van der Waals surface area (Å²) in [6.45, 7) is -0.572. The van der Waals surface area contributed by atoms with Crippen molar-refractivity contribution in [1.29, 1.82) is 0 Å². The second kappa shape index (κ2) is 10.2. The van der Waals surface area contributed by atoms with E-state index in [4.69, 9.17) is 9.29 Å². The van der Waals surface area contributed by atoms with E-state index in [9.17, 15) is 22.8 Å². The second-order valence-corrected chi connectivity index (χ2v) is 7.36. The molecule has 0 heterocycles. The van der Waals surface area contributed by atoms with Crippen LogP contribution in [-0.4, -0.2) is 49.5 Å². The fourth-order valence-electron chi connectivity index (χ4n) is 2.23. The first-order chi connectivity index (χ1) is 13.8. The van der Waals surface area contributed by atoms with Crippen molar-refractivity contribution < 1.29 is 32.1 Å². The maximum atomic E-state index is 12.5. The smallest absolute Gasteiger partial charge is 0.266 e. The molecule has 0 aliphatic carbocycles. The van der Waals surface area contributed by atoms with Crippen LogP contribution in [0.3, 0.4) is 0 Å². The van der Waals surface area contributed by atoms with E-state index in [0.29, 0.717) is 22.4 Å².